The molecule has 166 valence electrons. The van der Waals surface area contributed by atoms with Crippen LogP contribution in [0.5, 0.6) is 5.75 Å². The summed E-state index contributed by atoms with van der Waals surface area (Å²) in [5, 5.41) is 0.238. The van der Waals surface area contributed by atoms with Crippen LogP contribution in [0.4, 0.5) is 8.78 Å². The number of rotatable bonds is 5. The summed E-state index contributed by atoms with van der Waals surface area (Å²) in [5.41, 5.74) is -1.16. The molecule has 0 radical (unpaired) electrons. The highest BCUT2D eigenvalue weighted by Gasteiger charge is 2.51. The molecule has 2 fully saturated rings. The molecule has 2 aromatic rings. The minimum atomic E-state index is -1.50. The zero-order valence-electron chi connectivity index (χ0n) is 17.4. The number of benzene rings is 2. The van der Waals surface area contributed by atoms with Crippen LogP contribution in [0.1, 0.15) is 36.2 Å². The third kappa shape index (κ3) is 4.54. The Morgan fingerprint density at radius 3 is 2.84 bits per heavy atom. The highest BCUT2D eigenvalue weighted by Crippen LogP contribution is 2.43. The lowest BCUT2D eigenvalue weighted by molar-refractivity contribution is -0.0441. The van der Waals surface area contributed by atoms with Gasteiger partial charge in [0, 0.05) is 18.5 Å². The van der Waals surface area contributed by atoms with Crippen molar-refractivity contribution in [1.82, 2.24) is 4.90 Å². The average molecular weight is 452 g/mol. The van der Waals surface area contributed by atoms with Crippen LogP contribution in [0, 0.1) is 5.82 Å². The van der Waals surface area contributed by atoms with Crippen LogP contribution in [0.3, 0.4) is 0 Å². The van der Waals surface area contributed by atoms with E-state index in [4.69, 9.17) is 25.8 Å². The van der Waals surface area contributed by atoms with E-state index in [-0.39, 0.29) is 30.1 Å². The first-order valence-electron chi connectivity index (χ1n) is 10.1. The van der Waals surface area contributed by atoms with Crippen LogP contribution in [0.15, 0.2) is 42.5 Å². The van der Waals surface area contributed by atoms with Crippen LogP contribution in [0.2, 0.25) is 5.02 Å². The first kappa shape index (κ1) is 22.0. The Hall–Kier alpha value is -2.22. The van der Waals surface area contributed by atoms with Crippen LogP contribution in [-0.4, -0.2) is 49.1 Å². The first-order valence-corrected chi connectivity index (χ1v) is 10.5. The van der Waals surface area contributed by atoms with Crippen LogP contribution in [0.25, 0.3) is 0 Å². The van der Waals surface area contributed by atoms with Gasteiger partial charge < -0.3 is 19.1 Å². The Labute approximate surface area is 184 Å². The lowest BCUT2D eigenvalue weighted by Crippen LogP contribution is -2.53. The average Bonchev–Trinajstić information content (AvgIpc) is 3.16. The van der Waals surface area contributed by atoms with Gasteiger partial charge in [-0.15, -0.1) is 0 Å². The number of piperidine rings is 1. The fraction of sp³-hybridized carbons (Fsp3) is 0.435. The maximum Gasteiger partial charge on any atom is 0.254 e. The van der Waals surface area contributed by atoms with Gasteiger partial charge in [-0.1, -0.05) is 23.7 Å². The van der Waals surface area contributed by atoms with E-state index in [0.29, 0.717) is 36.4 Å². The molecule has 0 saturated carbocycles. The van der Waals surface area contributed by atoms with Crippen molar-refractivity contribution in [2.45, 2.75) is 37.6 Å². The van der Waals surface area contributed by atoms with Crippen molar-refractivity contribution < 1.29 is 27.8 Å². The molecule has 8 heteroatoms. The number of hydrogen-bond acceptors (Lipinski definition) is 4. The van der Waals surface area contributed by atoms with Gasteiger partial charge in [-0.2, -0.15) is 0 Å². The second-order valence-corrected chi connectivity index (χ2v) is 8.88. The predicted octanol–water partition coefficient (Wildman–Crippen LogP) is 4.72. The number of amides is 1. The van der Waals surface area contributed by atoms with E-state index in [9.17, 15) is 13.6 Å². The monoisotopic (exact) mass is 451 g/mol. The predicted molar refractivity (Wildman–Crippen MR) is 112 cm³/mol. The summed E-state index contributed by atoms with van der Waals surface area (Å²) < 4.78 is 44.5. The van der Waals surface area contributed by atoms with Crippen molar-refractivity contribution in [3.05, 3.63) is 64.4 Å². The van der Waals surface area contributed by atoms with E-state index in [2.05, 4.69) is 0 Å². The van der Waals surface area contributed by atoms with E-state index in [0.717, 1.165) is 0 Å². The standard InChI is InChI=1S/C23H24ClF2NO4/c1-22(2,26)13-29-19-7-6-15(10-18(19)24)21(28)27-9-8-23(20(12-27)30-14-31-23)16-4-3-5-17(25)11-16/h3-7,10-11,20H,8-9,12-14H2,1-2H3/t20?,23-/m0/s1. The van der Waals surface area contributed by atoms with Crippen LogP contribution in [-0.2, 0) is 15.1 Å². The Kier molecular flexibility index (Phi) is 5.94. The molecule has 0 N–H and O–H groups in total. The fourth-order valence-electron chi connectivity index (χ4n) is 4.01. The molecule has 2 aromatic carbocycles. The van der Waals surface area contributed by atoms with Crippen molar-refractivity contribution >= 4 is 17.5 Å². The van der Waals surface area contributed by atoms with E-state index >= 15 is 0 Å². The number of likely N-dealkylation sites (tertiary alicyclic amines) is 1. The minimum absolute atomic E-state index is 0.0893. The summed E-state index contributed by atoms with van der Waals surface area (Å²) >= 11 is 6.25. The normalized spacial score (nSPS) is 23.5. The maximum absolute atomic E-state index is 13.8. The molecule has 0 bridgehead atoms. The number of nitrogens with zero attached hydrogens (tertiary/aromatic N) is 1. The number of alkyl halides is 1. The maximum atomic E-state index is 13.8. The number of carbonyl (C=O) groups excluding carboxylic acids is 1. The molecule has 5 nitrogen and oxygen atoms in total. The molecule has 2 aliphatic heterocycles. The minimum Gasteiger partial charge on any atom is -0.489 e. The molecule has 2 atom stereocenters. The molecular weight excluding hydrogens is 428 g/mol. The Balaban J connectivity index is 1.48. The molecule has 2 aliphatic rings. The van der Waals surface area contributed by atoms with Crippen molar-refractivity contribution in [2.24, 2.45) is 0 Å². The van der Waals surface area contributed by atoms with Gasteiger partial charge in [-0.25, -0.2) is 8.78 Å². The Morgan fingerprint density at radius 1 is 1.32 bits per heavy atom. The highest BCUT2D eigenvalue weighted by atomic mass is 35.5. The molecule has 31 heavy (non-hydrogen) atoms. The van der Waals surface area contributed by atoms with Crippen molar-refractivity contribution in [3.8, 4) is 5.75 Å². The topological polar surface area (TPSA) is 48.0 Å². The highest BCUT2D eigenvalue weighted by molar-refractivity contribution is 6.32. The molecule has 0 spiro atoms. The lowest BCUT2D eigenvalue weighted by atomic mass is 9.82. The summed E-state index contributed by atoms with van der Waals surface area (Å²) in [4.78, 5) is 14.7. The smallest absolute Gasteiger partial charge is 0.254 e. The van der Waals surface area contributed by atoms with Gasteiger partial charge in [0.1, 0.15) is 42.3 Å². The molecule has 1 amide bonds. The second-order valence-electron chi connectivity index (χ2n) is 8.47. The largest absolute Gasteiger partial charge is 0.489 e. The zero-order chi connectivity index (χ0) is 22.2. The van der Waals surface area contributed by atoms with Crippen molar-refractivity contribution in [3.63, 3.8) is 0 Å². The molecule has 2 saturated heterocycles. The molecule has 0 aliphatic carbocycles. The Morgan fingerprint density at radius 2 is 2.13 bits per heavy atom. The summed E-state index contributed by atoms with van der Waals surface area (Å²) in [5.74, 6) is -0.226. The number of hydrogen-bond donors (Lipinski definition) is 0. The summed E-state index contributed by atoms with van der Waals surface area (Å²) in [7, 11) is 0. The molecule has 2 heterocycles. The van der Waals surface area contributed by atoms with Gasteiger partial charge in [0.15, 0.2) is 0 Å². The Bertz CT molecular complexity index is 980. The number of fused-ring (bicyclic) bond motifs is 1. The third-order valence-electron chi connectivity index (χ3n) is 5.60. The van der Waals surface area contributed by atoms with E-state index in [1.54, 1.807) is 23.1 Å². The van der Waals surface area contributed by atoms with E-state index in [1.165, 1.54) is 32.0 Å². The number of carbonyl (C=O) groups is 1. The van der Waals surface area contributed by atoms with E-state index < -0.39 is 17.4 Å². The molecule has 1 unspecified atom stereocenters. The van der Waals surface area contributed by atoms with Gasteiger partial charge in [-0.05, 0) is 49.7 Å². The van der Waals surface area contributed by atoms with Crippen molar-refractivity contribution in [1.29, 1.82) is 0 Å². The van der Waals surface area contributed by atoms with Gasteiger partial charge in [0.05, 0.1) is 11.6 Å². The molecular formula is C23H24ClF2NO4. The first-order chi connectivity index (χ1) is 14.7. The molecule has 4 rings (SSSR count). The fourth-order valence-corrected chi connectivity index (χ4v) is 4.24. The lowest BCUT2D eigenvalue weighted by Gasteiger charge is -2.42. The third-order valence-corrected chi connectivity index (χ3v) is 5.89. The van der Waals surface area contributed by atoms with E-state index in [1.807, 2.05) is 6.07 Å². The van der Waals surface area contributed by atoms with Gasteiger partial charge in [0.25, 0.3) is 5.91 Å². The number of halogens is 3. The summed E-state index contributed by atoms with van der Waals surface area (Å²) in [6.07, 6.45) is 0.0739. The quantitative estimate of drug-likeness (QED) is 0.660. The summed E-state index contributed by atoms with van der Waals surface area (Å²) in [6.45, 7) is 3.49. The molecule has 0 aromatic heterocycles. The SMILES string of the molecule is CC(C)(F)COc1ccc(C(=O)N2CC[C@@]3(c4cccc(F)c4)OCOC3C2)cc1Cl. The van der Waals surface area contributed by atoms with Gasteiger partial charge >= 0.3 is 0 Å². The summed E-state index contributed by atoms with van der Waals surface area (Å²) in [6, 6.07) is 11.0. The van der Waals surface area contributed by atoms with Crippen molar-refractivity contribution in [2.75, 3.05) is 26.5 Å². The zero-order valence-corrected chi connectivity index (χ0v) is 18.1. The van der Waals surface area contributed by atoms with Crippen LogP contribution >= 0.6 is 11.6 Å². The van der Waals surface area contributed by atoms with Crippen LogP contribution < -0.4 is 4.74 Å². The van der Waals surface area contributed by atoms with Gasteiger partial charge in [-0.3, -0.25) is 4.79 Å². The van der Waals surface area contributed by atoms with Gasteiger partial charge in [0.2, 0.25) is 0 Å². The number of ether oxygens (including phenoxy) is 3. The second kappa shape index (κ2) is 8.37.